The highest BCUT2D eigenvalue weighted by Crippen LogP contribution is 2.17. The predicted octanol–water partition coefficient (Wildman–Crippen LogP) is 0.241. The highest BCUT2D eigenvalue weighted by molar-refractivity contribution is 5.35. The van der Waals surface area contributed by atoms with E-state index in [0.717, 1.165) is 32.6 Å². The third-order valence-corrected chi connectivity index (χ3v) is 2.83. The summed E-state index contributed by atoms with van der Waals surface area (Å²) >= 11 is 0. The molecule has 1 aliphatic heterocycles. The van der Waals surface area contributed by atoms with Crippen molar-refractivity contribution in [1.82, 2.24) is 15.2 Å². The van der Waals surface area contributed by atoms with E-state index in [1.807, 2.05) is 13.1 Å². The van der Waals surface area contributed by atoms with E-state index in [0.29, 0.717) is 5.82 Å². The third-order valence-electron chi connectivity index (χ3n) is 2.83. The van der Waals surface area contributed by atoms with E-state index >= 15 is 0 Å². The van der Waals surface area contributed by atoms with E-state index in [-0.39, 0.29) is 0 Å². The summed E-state index contributed by atoms with van der Waals surface area (Å²) in [5, 5.41) is 3.17. The standard InChI is InChI=1S/C11H18N4/c1-13-5-7-15-6-4-10-9(8-15)2-3-11(12)14-10/h2-3,13H,4-8H2,1H3,(H2,12,14). The maximum atomic E-state index is 5.66. The van der Waals surface area contributed by atoms with E-state index in [4.69, 9.17) is 5.73 Å². The number of fused-ring (bicyclic) bond motifs is 1. The first-order valence-corrected chi connectivity index (χ1v) is 5.41. The van der Waals surface area contributed by atoms with Gasteiger partial charge in [0.2, 0.25) is 0 Å². The van der Waals surface area contributed by atoms with Crippen LogP contribution in [-0.4, -0.2) is 36.6 Å². The van der Waals surface area contributed by atoms with Crippen molar-refractivity contribution >= 4 is 5.82 Å². The third kappa shape index (κ3) is 2.46. The molecule has 0 spiro atoms. The van der Waals surface area contributed by atoms with Crippen LogP contribution < -0.4 is 11.1 Å². The van der Waals surface area contributed by atoms with Crippen LogP contribution in [0.3, 0.4) is 0 Å². The number of aromatic nitrogens is 1. The lowest BCUT2D eigenvalue weighted by Gasteiger charge is -2.27. The van der Waals surface area contributed by atoms with Crippen molar-refractivity contribution in [3.8, 4) is 0 Å². The Labute approximate surface area is 90.5 Å². The smallest absolute Gasteiger partial charge is 0.123 e. The van der Waals surface area contributed by atoms with Gasteiger partial charge in [-0.15, -0.1) is 0 Å². The summed E-state index contributed by atoms with van der Waals surface area (Å²) in [6.07, 6.45) is 1.02. The second kappa shape index (κ2) is 4.59. The molecule has 4 heteroatoms. The van der Waals surface area contributed by atoms with Crippen molar-refractivity contribution in [1.29, 1.82) is 0 Å². The lowest BCUT2D eigenvalue weighted by atomic mass is 10.1. The van der Waals surface area contributed by atoms with Gasteiger partial charge >= 0.3 is 0 Å². The van der Waals surface area contributed by atoms with Gasteiger partial charge in [0.15, 0.2) is 0 Å². The van der Waals surface area contributed by atoms with Gasteiger partial charge < -0.3 is 11.1 Å². The largest absolute Gasteiger partial charge is 0.384 e. The van der Waals surface area contributed by atoms with Crippen molar-refractivity contribution in [2.24, 2.45) is 0 Å². The fraction of sp³-hybridized carbons (Fsp3) is 0.545. The molecule has 0 saturated heterocycles. The minimum atomic E-state index is 0.637. The molecule has 0 aliphatic carbocycles. The van der Waals surface area contributed by atoms with Crippen LogP contribution in [0.2, 0.25) is 0 Å². The fourth-order valence-corrected chi connectivity index (χ4v) is 1.95. The monoisotopic (exact) mass is 206 g/mol. The molecule has 4 nitrogen and oxygen atoms in total. The van der Waals surface area contributed by atoms with Gasteiger partial charge in [-0.3, -0.25) is 4.90 Å². The molecule has 2 heterocycles. The number of nitrogens with two attached hydrogens (primary N) is 1. The maximum absolute atomic E-state index is 5.66. The molecule has 0 saturated carbocycles. The van der Waals surface area contributed by atoms with Crippen LogP contribution >= 0.6 is 0 Å². The van der Waals surface area contributed by atoms with Gasteiger partial charge in [-0.25, -0.2) is 4.98 Å². The number of nitrogen functional groups attached to an aromatic ring is 1. The lowest BCUT2D eigenvalue weighted by molar-refractivity contribution is 0.254. The summed E-state index contributed by atoms with van der Waals surface area (Å²) in [4.78, 5) is 6.81. The molecule has 3 N–H and O–H groups in total. The van der Waals surface area contributed by atoms with E-state index in [1.165, 1.54) is 11.3 Å². The highest BCUT2D eigenvalue weighted by atomic mass is 15.1. The summed E-state index contributed by atoms with van der Waals surface area (Å²) in [6, 6.07) is 3.99. The zero-order valence-electron chi connectivity index (χ0n) is 9.16. The minimum Gasteiger partial charge on any atom is -0.384 e. The molecule has 15 heavy (non-hydrogen) atoms. The molecular weight excluding hydrogens is 188 g/mol. The van der Waals surface area contributed by atoms with Gasteiger partial charge in [-0.2, -0.15) is 0 Å². The van der Waals surface area contributed by atoms with Crippen LogP contribution in [0.25, 0.3) is 0 Å². The molecule has 1 aliphatic rings. The Kier molecular flexibility index (Phi) is 3.18. The van der Waals surface area contributed by atoms with Gasteiger partial charge in [0.1, 0.15) is 5.82 Å². The zero-order chi connectivity index (χ0) is 10.7. The predicted molar refractivity (Wildman–Crippen MR) is 61.6 cm³/mol. The second-order valence-electron chi connectivity index (χ2n) is 3.97. The topological polar surface area (TPSA) is 54.2 Å². The number of pyridine rings is 1. The van der Waals surface area contributed by atoms with Crippen molar-refractivity contribution < 1.29 is 0 Å². The summed E-state index contributed by atoms with van der Waals surface area (Å²) in [5.41, 5.74) is 8.16. The number of nitrogens with one attached hydrogen (secondary N) is 1. The number of likely N-dealkylation sites (N-methyl/N-ethyl adjacent to an activating group) is 1. The zero-order valence-corrected chi connectivity index (χ0v) is 9.16. The van der Waals surface area contributed by atoms with Crippen molar-refractivity contribution in [3.05, 3.63) is 23.4 Å². The molecule has 0 radical (unpaired) electrons. The summed E-state index contributed by atoms with van der Waals surface area (Å²) in [5.74, 6) is 0.637. The number of hydrogen-bond donors (Lipinski definition) is 2. The molecular formula is C11H18N4. The van der Waals surface area contributed by atoms with Crippen LogP contribution in [0.5, 0.6) is 0 Å². The number of rotatable bonds is 3. The van der Waals surface area contributed by atoms with Crippen LogP contribution in [0.1, 0.15) is 11.3 Å². The van der Waals surface area contributed by atoms with Crippen LogP contribution in [-0.2, 0) is 13.0 Å². The average Bonchev–Trinajstić information content (AvgIpc) is 2.26. The maximum Gasteiger partial charge on any atom is 0.123 e. The normalized spacial score (nSPS) is 16.3. The molecule has 1 aromatic rings. The molecule has 0 bridgehead atoms. The van der Waals surface area contributed by atoms with Gasteiger partial charge in [-0.05, 0) is 18.7 Å². The Bertz CT molecular complexity index is 337. The minimum absolute atomic E-state index is 0.637. The second-order valence-corrected chi connectivity index (χ2v) is 3.97. The molecule has 0 unspecified atom stereocenters. The summed E-state index contributed by atoms with van der Waals surface area (Å²) in [6.45, 7) is 4.23. The first-order chi connectivity index (χ1) is 7.29. The van der Waals surface area contributed by atoms with Gasteiger partial charge in [0.05, 0.1) is 0 Å². The molecule has 2 rings (SSSR count). The van der Waals surface area contributed by atoms with Crippen LogP contribution in [0.4, 0.5) is 5.82 Å². The van der Waals surface area contributed by atoms with Crippen molar-refractivity contribution in [2.45, 2.75) is 13.0 Å². The van der Waals surface area contributed by atoms with E-state index < -0.39 is 0 Å². The highest BCUT2D eigenvalue weighted by Gasteiger charge is 2.16. The first kappa shape index (κ1) is 10.4. The Morgan fingerprint density at radius 3 is 3.20 bits per heavy atom. The summed E-state index contributed by atoms with van der Waals surface area (Å²) < 4.78 is 0. The molecule has 0 aromatic carbocycles. The first-order valence-electron chi connectivity index (χ1n) is 5.41. The lowest BCUT2D eigenvalue weighted by Crippen LogP contribution is -2.35. The average molecular weight is 206 g/mol. The number of anilines is 1. The quantitative estimate of drug-likeness (QED) is 0.744. The summed E-state index contributed by atoms with van der Waals surface area (Å²) in [7, 11) is 1.99. The number of hydrogen-bond acceptors (Lipinski definition) is 4. The van der Waals surface area contributed by atoms with Crippen molar-refractivity contribution in [3.63, 3.8) is 0 Å². The van der Waals surface area contributed by atoms with Gasteiger partial charge in [0, 0.05) is 38.3 Å². The van der Waals surface area contributed by atoms with E-state index in [9.17, 15) is 0 Å². The van der Waals surface area contributed by atoms with Gasteiger partial charge in [0.25, 0.3) is 0 Å². The Hall–Kier alpha value is -1.13. The molecule has 0 atom stereocenters. The SMILES string of the molecule is CNCCN1CCc2nc(N)ccc2C1. The molecule has 0 amide bonds. The van der Waals surface area contributed by atoms with E-state index in [1.54, 1.807) is 0 Å². The number of nitrogens with zero attached hydrogens (tertiary/aromatic N) is 2. The van der Waals surface area contributed by atoms with Crippen molar-refractivity contribution in [2.75, 3.05) is 32.4 Å². The molecule has 82 valence electrons. The Balaban J connectivity index is 2.03. The van der Waals surface area contributed by atoms with Crippen LogP contribution in [0.15, 0.2) is 12.1 Å². The van der Waals surface area contributed by atoms with E-state index in [2.05, 4.69) is 21.3 Å². The molecule has 1 aromatic heterocycles. The van der Waals surface area contributed by atoms with Crippen LogP contribution in [0, 0.1) is 0 Å². The Morgan fingerprint density at radius 2 is 2.40 bits per heavy atom. The molecule has 0 fully saturated rings. The Morgan fingerprint density at radius 1 is 1.53 bits per heavy atom. The fourth-order valence-electron chi connectivity index (χ4n) is 1.95. The van der Waals surface area contributed by atoms with Gasteiger partial charge in [-0.1, -0.05) is 6.07 Å².